The van der Waals surface area contributed by atoms with Gasteiger partial charge in [-0.05, 0) is 18.2 Å². The van der Waals surface area contributed by atoms with Crippen molar-refractivity contribution in [1.29, 1.82) is 0 Å². The molecule has 104 valence electrons. The van der Waals surface area contributed by atoms with Gasteiger partial charge in [0.15, 0.2) is 0 Å². The molecule has 0 N–H and O–H groups in total. The lowest BCUT2D eigenvalue weighted by Gasteiger charge is -2.28. The standard InChI is InChI=1S/C17H11ClO3/c1-2-11-20-17(12-7-9-13(18)10-8-12)15-6-4-3-5-14(15)16(19)21-17/h1,3-10H,11H2/t17-/m0/s1. The molecule has 0 aromatic heterocycles. The third-order valence-electron chi connectivity index (χ3n) is 3.32. The molecule has 0 fully saturated rings. The number of esters is 1. The summed E-state index contributed by atoms with van der Waals surface area (Å²) < 4.78 is 11.3. The van der Waals surface area contributed by atoms with Gasteiger partial charge in [0.2, 0.25) is 0 Å². The molecule has 4 heteroatoms. The van der Waals surface area contributed by atoms with Crippen LogP contribution in [-0.2, 0) is 15.3 Å². The molecule has 21 heavy (non-hydrogen) atoms. The number of cyclic esters (lactones) is 1. The maximum Gasteiger partial charge on any atom is 0.341 e. The number of carbonyl (C=O) groups is 1. The highest BCUT2D eigenvalue weighted by atomic mass is 35.5. The van der Waals surface area contributed by atoms with Crippen molar-refractivity contribution in [3.63, 3.8) is 0 Å². The normalized spacial score (nSPS) is 19.7. The fraction of sp³-hybridized carbons (Fsp3) is 0.118. The van der Waals surface area contributed by atoms with Gasteiger partial charge in [0.25, 0.3) is 5.79 Å². The molecule has 1 aliphatic rings. The molecule has 2 aromatic rings. The van der Waals surface area contributed by atoms with Crippen LogP contribution in [0.1, 0.15) is 21.5 Å². The van der Waals surface area contributed by atoms with Crippen molar-refractivity contribution >= 4 is 17.6 Å². The highest BCUT2D eigenvalue weighted by molar-refractivity contribution is 6.30. The highest BCUT2D eigenvalue weighted by Gasteiger charge is 2.48. The second-order valence-electron chi connectivity index (χ2n) is 4.55. The van der Waals surface area contributed by atoms with Crippen LogP contribution < -0.4 is 0 Å². The number of benzene rings is 2. The van der Waals surface area contributed by atoms with Crippen LogP contribution in [0.25, 0.3) is 0 Å². The van der Waals surface area contributed by atoms with Crippen molar-refractivity contribution in [1.82, 2.24) is 0 Å². The number of rotatable bonds is 3. The van der Waals surface area contributed by atoms with Gasteiger partial charge >= 0.3 is 5.97 Å². The van der Waals surface area contributed by atoms with E-state index in [1.54, 1.807) is 42.5 Å². The zero-order valence-electron chi connectivity index (χ0n) is 11.0. The van der Waals surface area contributed by atoms with Crippen LogP contribution in [0.3, 0.4) is 0 Å². The molecule has 0 unspecified atom stereocenters. The molecular weight excluding hydrogens is 288 g/mol. The Kier molecular flexibility index (Phi) is 3.42. The minimum Gasteiger partial charge on any atom is -0.420 e. The summed E-state index contributed by atoms with van der Waals surface area (Å²) in [6.07, 6.45) is 5.29. The molecule has 0 bridgehead atoms. The minimum absolute atomic E-state index is 0.0181. The van der Waals surface area contributed by atoms with Gasteiger partial charge in [-0.15, -0.1) is 6.42 Å². The first-order chi connectivity index (χ1) is 10.2. The van der Waals surface area contributed by atoms with Crippen molar-refractivity contribution in [2.24, 2.45) is 0 Å². The first kappa shape index (κ1) is 13.7. The van der Waals surface area contributed by atoms with E-state index in [9.17, 15) is 4.79 Å². The Morgan fingerprint density at radius 1 is 1.19 bits per heavy atom. The molecule has 0 aliphatic carbocycles. The third kappa shape index (κ3) is 2.19. The summed E-state index contributed by atoms with van der Waals surface area (Å²) in [4.78, 5) is 12.1. The van der Waals surface area contributed by atoms with E-state index in [-0.39, 0.29) is 6.61 Å². The molecule has 3 nitrogen and oxygen atoms in total. The molecule has 0 saturated carbocycles. The fourth-order valence-corrected chi connectivity index (χ4v) is 2.53. The largest absolute Gasteiger partial charge is 0.420 e. The van der Waals surface area contributed by atoms with Crippen LogP contribution in [0.4, 0.5) is 0 Å². The summed E-state index contributed by atoms with van der Waals surface area (Å²) in [5.41, 5.74) is 1.79. The lowest BCUT2D eigenvalue weighted by molar-refractivity contribution is -0.165. The average Bonchev–Trinajstić information content (AvgIpc) is 2.80. The second kappa shape index (κ2) is 5.25. The number of fused-ring (bicyclic) bond motifs is 1. The van der Waals surface area contributed by atoms with E-state index in [1.165, 1.54) is 0 Å². The number of terminal acetylenes is 1. The summed E-state index contributed by atoms with van der Waals surface area (Å²) in [7, 11) is 0. The number of hydrogen-bond acceptors (Lipinski definition) is 3. The molecule has 1 aliphatic heterocycles. The van der Waals surface area contributed by atoms with Gasteiger partial charge in [0.1, 0.15) is 6.61 Å². The van der Waals surface area contributed by atoms with Gasteiger partial charge in [-0.25, -0.2) is 4.79 Å². The Morgan fingerprint density at radius 2 is 1.90 bits per heavy atom. The van der Waals surface area contributed by atoms with Gasteiger partial charge in [-0.1, -0.05) is 47.9 Å². The van der Waals surface area contributed by atoms with Gasteiger partial charge in [-0.3, -0.25) is 0 Å². The van der Waals surface area contributed by atoms with Crippen molar-refractivity contribution in [2.45, 2.75) is 5.79 Å². The Labute approximate surface area is 127 Å². The predicted octanol–water partition coefficient (Wildman–Crippen LogP) is 3.36. The van der Waals surface area contributed by atoms with E-state index in [1.807, 2.05) is 6.07 Å². The van der Waals surface area contributed by atoms with Gasteiger partial charge < -0.3 is 9.47 Å². The number of halogens is 1. The zero-order chi connectivity index (χ0) is 14.9. The Bertz CT molecular complexity index is 730. The molecule has 0 spiro atoms. The van der Waals surface area contributed by atoms with Crippen LogP contribution in [0.2, 0.25) is 5.02 Å². The summed E-state index contributed by atoms with van der Waals surface area (Å²) in [5.74, 6) is 0.659. The Morgan fingerprint density at radius 3 is 2.62 bits per heavy atom. The van der Waals surface area contributed by atoms with E-state index in [0.717, 1.165) is 0 Å². The fourth-order valence-electron chi connectivity index (χ4n) is 2.41. The molecule has 1 heterocycles. The summed E-state index contributed by atoms with van der Waals surface area (Å²) in [6.45, 7) is 0.0181. The van der Waals surface area contributed by atoms with Crippen LogP contribution >= 0.6 is 11.6 Å². The Balaban J connectivity index is 2.18. The molecule has 0 amide bonds. The molecule has 0 radical (unpaired) electrons. The molecular formula is C17H11ClO3. The highest BCUT2D eigenvalue weighted by Crippen LogP contribution is 2.43. The van der Waals surface area contributed by atoms with E-state index in [4.69, 9.17) is 27.5 Å². The van der Waals surface area contributed by atoms with E-state index >= 15 is 0 Å². The van der Waals surface area contributed by atoms with E-state index in [0.29, 0.717) is 21.7 Å². The quantitative estimate of drug-likeness (QED) is 0.644. The smallest absolute Gasteiger partial charge is 0.341 e. The van der Waals surface area contributed by atoms with Crippen LogP contribution in [0.15, 0.2) is 48.5 Å². The third-order valence-corrected chi connectivity index (χ3v) is 3.57. The van der Waals surface area contributed by atoms with Crippen LogP contribution in [0.5, 0.6) is 0 Å². The first-order valence-electron chi connectivity index (χ1n) is 6.34. The van der Waals surface area contributed by atoms with Gasteiger partial charge in [0.05, 0.1) is 5.56 Å². The molecule has 3 rings (SSSR count). The summed E-state index contributed by atoms with van der Waals surface area (Å²) in [5, 5.41) is 0.587. The SMILES string of the molecule is C#CCO[C@@]1(c2ccc(Cl)cc2)OC(=O)c2ccccc21. The zero-order valence-corrected chi connectivity index (χ0v) is 11.8. The number of hydrogen-bond donors (Lipinski definition) is 0. The molecule has 1 atom stereocenters. The topological polar surface area (TPSA) is 35.5 Å². The molecule has 2 aromatic carbocycles. The first-order valence-corrected chi connectivity index (χ1v) is 6.71. The predicted molar refractivity (Wildman–Crippen MR) is 78.9 cm³/mol. The number of ether oxygens (including phenoxy) is 2. The molecule has 0 saturated heterocycles. The lowest BCUT2D eigenvalue weighted by Crippen LogP contribution is -2.31. The van der Waals surface area contributed by atoms with Crippen molar-refractivity contribution in [3.8, 4) is 12.3 Å². The van der Waals surface area contributed by atoms with Crippen LogP contribution in [0, 0.1) is 12.3 Å². The van der Waals surface area contributed by atoms with Gasteiger partial charge in [-0.2, -0.15) is 0 Å². The maximum atomic E-state index is 12.1. The number of carbonyl (C=O) groups excluding carboxylic acids is 1. The van der Waals surface area contributed by atoms with E-state index < -0.39 is 11.8 Å². The summed E-state index contributed by atoms with van der Waals surface area (Å²) in [6, 6.07) is 14.0. The minimum atomic E-state index is -1.31. The average molecular weight is 299 g/mol. The van der Waals surface area contributed by atoms with E-state index in [2.05, 4.69) is 5.92 Å². The van der Waals surface area contributed by atoms with Crippen molar-refractivity contribution in [2.75, 3.05) is 6.61 Å². The van der Waals surface area contributed by atoms with Crippen LogP contribution in [-0.4, -0.2) is 12.6 Å². The lowest BCUT2D eigenvalue weighted by atomic mass is 9.95. The second-order valence-corrected chi connectivity index (χ2v) is 4.99. The van der Waals surface area contributed by atoms with Gasteiger partial charge in [0, 0.05) is 16.1 Å². The monoisotopic (exact) mass is 298 g/mol. The van der Waals surface area contributed by atoms with Crippen molar-refractivity contribution in [3.05, 3.63) is 70.2 Å². The maximum absolute atomic E-state index is 12.1. The Hall–Kier alpha value is -2.28. The summed E-state index contributed by atoms with van der Waals surface area (Å²) >= 11 is 5.92. The van der Waals surface area contributed by atoms with Crippen molar-refractivity contribution < 1.29 is 14.3 Å².